The molecule has 4 N–H and O–H groups in total. The lowest BCUT2D eigenvalue weighted by molar-refractivity contribution is -0.137. The van der Waals surface area contributed by atoms with Crippen LogP contribution in [0.1, 0.15) is 15.9 Å². The van der Waals surface area contributed by atoms with Gasteiger partial charge in [0.1, 0.15) is 5.75 Å². The lowest BCUT2D eigenvalue weighted by atomic mass is 10.1. The second-order valence-corrected chi connectivity index (χ2v) is 5.45. The molecule has 0 bridgehead atoms. The van der Waals surface area contributed by atoms with Crippen molar-refractivity contribution in [1.82, 2.24) is 5.32 Å². The predicted molar refractivity (Wildman–Crippen MR) is 112 cm³/mol. The number of rotatable bonds is 6. The van der Waals surface area contributed by atoms with Crippen LogP contribution < -0.4 is 21.1 Å². The van der Waals surface area contributed by atoms with Crippen molar-refractivity contribution < 1.29 is 22.7 Å². The minimum atomic E-state index is -4.43. The van der Waals surface area contributed by atoms with Gasteiger partial charge in [-0.25, -0.2) is 0 Å². The van der Waals surface area contributed by atoms with Gasteiger partial charge in [-0.05, 0) is 48.5 Å². The van der Waals surface area contributed by atoms with E-state index in [0.29, 0.717) is 5.75 Å². The van der Waals surface area contributed by atoms with E-state index in [-0.39, 0.29) is 48.6 Å². The smallest absolute Gasteiger partial charge is 0.416 e. The number of hydrogen-bond acceptors (Lipinski definition) is 3. The lowest BCUT2D eigenvalue weighted by Crippen LogP contribution is -2.28. The molecule has 6 nitrogen and oxygen atoms in total. The molecule has 0 atom stereocenters. The molecule has 2 aromatic rings. The van der Waals surface area contributed by atoms with Gasteiger partial charge in [-0.3, -0.25) is 9.79 Å². The Labute approximate surface area is 177 Å². The van der Waals surface area contributed by atoms with E-state index in [1.165, 1.54) is 0 Å². The summed E-state index contributed by atoms with van der Waals surface area (Å²) in [6.45, 7) is 0.395. The predicted octanol–water partition coefficient (Wildman–Crippen LogP) is 3.49. The van der Waals surface area contributed by atoms with Crippen LogP contribution in [0.2, 0.25) is 0 Å². The molecule has 0 heterocycles. The standard InChI is InChI=1S/C18H19F3N4O2.HI/c1-27-15-8-6-14(7-9-15)25-17(22)24-11-10-23-16(26)12-2-4-13(5-3-12)18(19,20)21;/h2-9H,10-11H2,1H3,(H,23,26)(H3,22,24,25);1H. The van der Waals surface area contributed by atoms with Crippen molar-refractivity contribution in [2.45, 2.75) is 6.18 Å². The Bertz CT molecular complexity index is 794. The zero-order valence-corrected chi connectivity index (χ0v) is 17.2. The fourth-order valence-electron chi connectivity index (χ4n) is 2.12. The van der Waals surface area contributed by atoms with Crippen LogP contribution in [0, 0.1) is 0 Å². The quantitative estimate of drug-likeness (QED) is 0.241. The first-order valence-electron chi connectivity index (χ1n) is 7.96. The molecule has 152 valence electrons. The zero-order valence-electron chi connectivity index (χ0n) is 14.9. The Morgan fingerprint density at radius 1 is 1.11 bits per heavy atom. The largest absolute Gasteiger partial charge is 0.497 e. The number of halogens is 4. The Hall–Kier alpha value is -2.50. The highest BCUT2D eigenvalue weighted by Gasteiger charge is 2.30. The highest BCUT2D eigenvalue weighted by molar-refractivity contribution is 14.0. The Morgan fingerprint density at radius 2 is 1.71 bits per heavy atom. The molecule has 0 aliphatic carbocycles. The molecular formula is C18H20F3IN4O2. The van der Waals surface area contributed by atoms with E-state index in [2.05, 4.69) is 15.6 Å². The number of benzene rings is 2. The van der Waals surface area contributed by atoms with Gasteiger partial charge in [-0.15, -0.1) is 24.0 Å². The van der Waals surface area contributed by atoms with Crippen LogP contribution in [-0.4, -0.2) is 32.1 Å². The number of nitrogens with one attached hydrogen (secondary N) is 2. The highest BCUT2D eigenvalue weighted by Crippen LogP contribution is 2.29. The number of hydrogen-bond donors (Lipinski definition) is 3. The topological polar surface area (TPSA) is 88.7 Å². The maximum atomic E-state index is 12.5. The molecule has 0 spiro atoms. The van der Waals surface area contributed by atoms with Crippen molar-refractivity contribution in [2.24, 2.45) is 10.7 Å². The molecule has 0 aliphatic rings. The van der Waals surface area contributed by atoms with E-state index in [9.17, 15) is 18.0 Å². The lowest BCUT2D eigenvalue weighted by Gasteiger charge is -2.08. The normalized spacial score (nSPS) is 11.4. The summed E-state index contributed by atoms with van der Waals surface area (Å²) in [7, 11) is 1.57. The van der Waals surface area contributed by atoms with Crippen molar-refractivity contribution in [3.8, 4) is 5.75 Å². The summed E-state index contributed by atoms with van der Waals surface area (Å²) in [5, 5.41) is 5.45. The molecule has 0 aromatic heterocycles. The second kappa shape index (κ2) is 10.7. The molecular weight excluding hydrogens is 488 g/mol. The summed E-state index contributed by atoms with van der Waals surface area (Å²) in [5.74, 6) is 0.395. The number of aliphatic imine (C=N–C) groups is 1. The number of methoxy groups -OCH3 is 1. The Balaban J connectivity index is 0.00000392. The van der Waals surface area contributed by atoms with Crippen molar-refractivity contribution in [2.75, 3.05) is 25.5 Å². The number of alkyl halides is 3. The maximum absolute atomic E-state index is 12.5. The molecule has 0 unspecified atom stereocenters. The monoisotopic (exact) mass is 508 g/mol. The molecule has 0 aliphatic heterocycles. The van der Waals surface area contributed by atoms with Crippen molar-refractivity contribution in [3.63, 3.8) is 0 Å². The van der Waals surface area contributed by atoms with Crippen molar-refractivity contribution in [3.05, 3.63) is 59.7 Å². The van der Waals surface area contributed by atoms with Gasteiger partial charge in [0.2, 0.25) is 0 Å². The highest BCUT2D eigenvalue weighted by atomic mass is 127. The van der Waals surface area contributed by atoms with Crippen LogP contribution in [0.4, 0.5) is 18.9 Å². The van der Waals surface area contributed by atoms with Crippen LogP contribution in [0.3, 0.4) is 0 Å². The number of carbonyl (C=O) groups excluding carboxylic acids is 1. The van der Waals surface area contributed by atoms with Gasteiger partial charge in [0.05, 0.1) is 19.2 Å². The molecule has 0 radical (unpaired) electrons. The molecule has 1 amide bonds. The van der Waals surface area contributed by atoms with Gasteiger partial charge in [-0.2, -0.15) is 13.2 Å². The molecule has 0 saturated heterocycles. The van der Waals surface area contributed by atoms with E-state index in [1.807, 2.05) is 0 Å². The minimum absolute atomic E-state index is 0. The fraction of sp³-hybridized carbons (Fsp3) is 0.222. The van der Waals surface area contributed by atoms with Crippen LogP contribution in [0.15, 0.2) is 53.5 Å². The molecule has 10 heteroatoms. The number of nitrogens with zero attached hydrogens (tertiary/aromatic N) is 1. The number of anilines is 1. The summed E-state index contributed by atoms with van der Waals surface area (Å²) in [6, 6.07) is 11.1. The van der Waals surface area contributed by atoms with Gasteiger partial charge >= 0.3 is 6.18 Å². The van der Waals surface area contributed by atoms with Gasteiger partial charge in [0.25, 0.3) is 5.91 Å². The minimum Gasteiger partial charge on any atom is -0.497 e. The van der Waals surface area contributed by atoms with Gasteiger partial charge in [0.15, 0.2) is 5.96 Å². The molecule has 28 heavy (non-hydrogen) atoms. The van der Waals surface area contributed by atoms with E-state index in [4.69, 9.17) is 10.5 Å². The third-order valence-corrected chi connectivity index (χ3v) is 3.52. The van der Waals surface area contributed by atoms with E-state index in [1.54, 1.807) is 31.4 Å². The summed E-state index contributed by atoms with van der Waals surface area (Å²) >= 11 is 0. The van der Waals surface area contributed by atoms with Crippen LogP contribution in [-0.2, 0) is 6.18 Å². The van der Waals surface area contributed by atoms with Crippen molar-refractivity contribution in [1.29, 1.82) is 0 Å². The fourth-order valence-corrected chi connectivity index (χ4v) is 2.12. The molecule has 0 fully saturated rings. The van der Waals surface area contributed by atoms with E-state index in [0.717, 1.165) is 30.0 Å². The Morgan fingerprint density at radius 3 is 2.25 bits per heavy atom. The Kier molecular flexibility index (Phi) is 9.03. The third kappa shape index (κ3) is 7.25. The molecule has 2 rings (SSSR count). The second-order valence-electron chi connectivity index (χ2n) is 5.45. The summed E-state index contributed by atoms with van der Waals surface area (Å²) in [6.07, 6.45) is -4.43. The van der Waals surface area contributed by atoms with E-state index < -0.39 is 17.6 Å². The van der Waals surface area contributed by atoms with Crippen LogP contribution >= 0.6 is 24.0 Å². The first-order chi connectivity index (χ1) is 12.8. The average molecular weight is 508 g/mol. The number of ether oxygens (including phenoxy) is 1. The number of amides is 1. The zero-order chi connectivity index (χ0) is 19.9. The SMILES string of the molecule is COc1ccc(NC(N)=NCCNC(=O)c2ccc(C(F)(F)F)cc2)cc1.I. The molecule has 0 saturated carbocycles. The summed E-state index contributed by atoms with van der Waals surface area (Å²) in [4.78, 5) is 16.0. The number of nitrogens with two attached hydrogens (primary N) is 1. The van der Waals surface area contributed by atoms with E-state index >= 15 is 0 Å². The van der Waals surface area contributed by atoms with Gasteiger partial charge in [-0.1, -0.05) is 0 Å². The summed E-state index contributed by atoms with van der Waals surface area (Å²) in [5.41, 5.74) is 5.81. The maximum Gasteiger partial charge on any atom is 0.416 e. The number of carbonyl (C=O) groups is 1. The van der Waals surface area contributed by atoms with Gasteiger partial charge in [0, 0.05) is 17.8 Å². The molecule has 2 aromatic carbocycles. The summed E-state index contributed by atoms with van der Waals surface area (Å²) < 4.78 is 42.5. The van der Waals surface area contributed by atoms with Crippen LogP contribution in [0.25, 0.3) is 0 Å². The first kappa shape index (κ1) is 23.5. The van der Waals surface area contributed by atoms with Crippen molar-refractivity contribution >= 4 is 41.5 Å². The van der Waals surface area contributed by atoms with Crippen LogP contribution in [0.5, 0.6) is 5.75 Å². The van der Waals surface area contributed by atoms with Gasteiger partial charge < -0.3 is 21.1 Å². The average Bonchev–Trinajstić information content (AvgIpc) is 2.65. The number of guanidine groups is 1. The third-order valence-electron chi connectivity index (χ3n) is 3.52. The first-order valence-corrected chi connectivity index (χ1v) is 7.96.